The second-order valence-corrected chi connectivity index (χ2v) is 8.74. The van der Waals surface area contributed by atoms with Crippen molar-refractivity contribution in [2.75, 3.05) is 6.61 Å². The molecule has 164 valence electrons. The molecule has 1 aliphatic heterocycles. The van der Waals surface area contributed by atoms with Crippen LogP contribution in [0.25, 0.3) is 0 Å². The van der Waals surface area contributed by atoms with Crippen LogP contribution in [-0.4, -0.2) is 34.0 Å². The fourth-order valence-corrected chi connectivity index (χ4v) is 3.79. The van der Waals surface area contributed by atoms with E-state index in [0.717, 1.165) is 29.3 Å². The van der Waals surface area contributed by atoms with Gasteiger partial charge in [-0.15, -0.1) is 0 Å². The number of esters is 1. The first kappa shape index (κ1) is 22.8. The van der Waals surface area contributed by atoms with Crippen molar-refractivity contribution >= 4 is 28.9 Å². The first-order chi connectivity index (χ1) is 14.9. The van der Waals surface area contributed by atoms with Gasteiger partial charge < -0.3 is 9.47 Å². The number of rotatable bonds is 9. The maximum Gasteiger partial charge on any atom is 0.309 e. The summed E-state index contributed by atoms with van der Waals surface area (Å²) < 4.78 is 11.5. The maximum absolute atomic E-state index is 12.2. The number of carbonyl (C=O) groups excluding carboxylic acids is 3. The summed E-state index contributed by atoms with van der Waals surface area (Å²) in [6, 6.07) is 11.1. The van der Waals surface area contributed by atoms with Crippen LogP contribution in [0, 0.1) is 5.92 Å². The molecule has 3 rings (SSSR count). The largest absolute Gasteiger partial charge is 0.489 e. The summed E-state index contributed by atoms with van der Waals surface area (Å²) in [4.78, 5) is 39.6. The summed E-state index contributed by atoms with van der Waals surface area (Å²) in [6.07, 6.45) is 2.50. The van der Waals surface area contributed by atoms with E-state index in [1.54, 1.807) is 32.2 Å². The van der Waals surface area contributed by atoms with Crippen LogP contribution >= 0.6 is 11.8 Å². The molecule has 1 N–H and O–H groups in total. The number of hydrogen-bond donors (Lipinski definition) is 1. The fourth-order valence-electron chi connectivity index (χ4n) is 2.93. The number of thioether (sulfide) groups is 1. The van der Waals surface area contributed by atoms with E-state index in [1.165, 1.54) is 0 Å². The van der Waals surface area contributed by atoms with E-state index in [2.05, 4.69) is 17.2 Å². The first-order valence-corrected chi connectivity index (χ1v) is 11.1. The van der Waals surface area contributed by atoms with Gasteiger partial charge >= 0.3 is 5.97 Å². The number of benzene rings is 1. The number of aromatic nitrogens is 1. The van der Waals surface area contributed by atoms with Crippen LogP contribution in [0.4, 0.5) is 4.79 Å². The lowest BCUT2D eigenvalue weighted by Gasteiger charge is -2.19. The molecule has 31 heavy (non-hydrogen) atoms. The van der Waals surface area contributed by atoms with Crippen LogP contribution in [0.1, 0.15) is 43.7 Å². The van der Waals surface area contributed by atoms with Crippen molar-refractivity contribution in [2.24, 2.45) is 5.92 Å². The Bertz CT molecular complexity index is 928. The summed E-state index contributed by atoms with van der Waals surface area (Å²) in [7, 11) is 0. The third-order valence-electron chi connectivity index (χ3n) is 4.83. The molecule has 0 aliphatic carbocycles. The predicted molar refractivity (Wildman–Crippen MR) is 118 cm³/mol. The van der Waals surface area contributed by atoms with Gasteiger partial charge in [0.05, 0.1) is 16.9 Å². The summed E-state index contributed by atoms with van der Waals surface area (Å²) in [6.45, 7) is 5.74. The highest BCUT2D eigenvalue weighted by Crippen LogP contribution is 2.25. The van der Waals surface area contributed by atoms with Gasteiger partial charge in [-0.25, -0.2) is 0 Å². The van der Waals surface area contributed by atoms with Crippen LogP contribution in [0.2, 0.25) is 0 Å². The minimum Gasteiger partial charge on any atom is -0.489 e. The second kappa shape index (κ2) is 10.4. The second-order valence-electron chi connectivity index (χ2n) is 7.57. The molecule has 2 aromatic rings. The minimum absolute atomic E-state index is 0.131. The smallest absolute Gasteiger partial charge is 0.309 e. The third-order valence-corrected chi connectivity index (χ3v) is 5.81. The van der Waals surface area contributed by atoms with Crippen molar-refractivity contribution in [3.63, 3.8) is 0 Å². The Hall–Kier alpha value is -2.87. The average molecular weight is 443 g/mol. The molecule has 8 heteroatoms. The molecule has 0 radical (unpaired) electrons. The highest BCUT2D eigenvalue weighted by molar-refractivity contribution is 8.15. The number of amides is 2. The monoisotopic (exact) mass is 442 g/mol. The number of pyridine rings is 1. The molecule has 7 nitrogen and oxygen atoms in total. The van der Waals surface area contributed by atoms with Gasteiger partial charge in [-0.3, -0.25) is 24.7 Å². The first-order valence-electron chi connectivity index (χ1n) is 10.2. The van der Waals surface area contributed by atoms with Gasteiger partial charge in [-0.2, -0.15) is 0 Å². The number of hydrogen-bond acceptors (Lipinski definition) is 7. The number of nitrogens with zero attached hydrogens (tertiary/aromatic N) is 1. The molecule has 2 heterocycles. The van der Waals surface area contributed by atoms with Crippen LogP contribution in [0.3, 0.4) is 0 Å². The van der Waals surface area contributed by atoms with Gasteiger partial charge in [0.2, 0.25) is 5.91 Å². The Morgan fingerprint density at radius 2 is 1.84 bits per heavy atom. The van der Waals surface area contributed by atoms with Gasteiger partial charge in [0.15, 0.2) is 6.10 Å². The van der Waals surface area contributed by atoms with Gasteiger partial charge in [-0.1, -0.05) is 50.7 Å². The van der Waals surface area contributed by atoms with E-state index in [0.29, 0.717) is 17.9 Å². The summed E-state index contributed by atoms with van der Waals surface area (Å²) in [5, 5.41) is 1.58. The van der Waals surface area contributed by atoms with Gasteiger partial charge in [-0.05, 0) is 42.2 Å². The average Bonchev–Trinajstić information content (AvgIpc) is 3.08. The van der Waals surface area contributed by atoms with Crippen molar-refractivity contribution in [1.82, 2.24) is 10.3 Å². The van der Waals surface area contributed by atoms with Gasteiger partial charge in [0.1, 0.15) is 12.4 Å². The number of aryl methyl sites for hydroxylation is 1. The van der Waals surface area contributed by atoms with Crippen molar-refractivity contribution in [3.05, 3.63) is 59.4 Å². The molecule has 1 aliphatic rings. The summed E-state index contributed by atoms with van der Waals surface area (Å²) >= 11 is 1.01. The van der Waals surface area contributed by atoms with E-state index < -0.39 is 11.4 Å². The standard InChI is InChI=1S/C23H26N2O5S/c1-4-15-7-10-18(24-12-15)19(30-22(27)14(2)3)13-29-17-8-5-16(6-9-17)11-20-21(26)25-23(28)31-20/h5-10,12,14,19-20H,4,11,13H2,1-3H3,(H,25,26,28). The number of nitrogens with one attached hydrogen (secondary N) is 1. The molecule has 0 saturated carbocycles. The normalized spacial score (nSPS) is 16.8. The van der Waals surface area contributed by atoms with Gasteiger partial charge in [0.25, 0.3) is 5.24 Å². The highest BCUT2D eigenvalue weighted by Gasteiger charge is 2.31. The van der Waals surface area contributed by atoms with E-state index in [4.69, 9.17) is 9.47 Å². The summed E-state index contributed by atoms with van der Waals surface area (Å²) in [5.74, 6) is -0.215. The van der Waals surface area contributed by atoms with Crippen LogP contribution in [0.15, 0.2) is 42.6 Å². The summed E-state index contributed by atoms with van der Waals surface area (Å²) in [5.41, 5.74) is 2.66. The van der Waals surface area contributed by atoms with Crippen molar-refractivity contribution < 1.29 is 23.9 Å². The molecule has 2 unspecified atom stereocenters. The Morgan fingerprint density at radius 3 is 2.39 bits per heavy atom. The Balaban J connectivity index is 1.63. The van der Waals surface area contributed by atoms with E-state index in [1.807, 2.05) is 24.3 Å². The minimum atomic E-state index is -0.620. The Labute approximate surface area is 185 Å². The van der Waals surface area contributed by atoms with E-state index in [9.17, 15) is 14.4 Å². The molecular weight excluding hydrogens is 416 g/mol. The van der Waals surface area contributed by atoms with Crippen molar-refractivity contribution in [2.45, 2.75) is 45.0 Å². The van der Waals surface area contributed by atoms with Crippen LogP contribution < -0.4 is 10.1 Å². The van der Waals surface area contributed by atoms with Crippen LogP contribution in [0.5, 0.6) is 5.75 Å². The van der Waals surface area contributed by atoms with Crippen LogP contribution in [-0.2, 0) is 27.2 Å². The lowest BCUT2D eigenvalue weighted by molar-refractivity contribution is -0.155. The molecule has 2 atom stereocenters. The highest BCUT2D eigenvalue weighted by atomic mass is 32.2. The molecule has 2 amide bonds. The molecule has 1 fully saturated rings. The molecule has 1 aromatic heterocycles. The zero-order valence-corrected chi connectivity index (χ0v) is 18.6. The lowest BCUT2D eigenvalue weighted by Crippen LogP contribution is -2.25. The van der Waals surface area contributed by atoms with E-state index in [-0.39, 0.29) is 29.6 Å². The quantitative estimate of drug-likeness (QED) is 0.589. The van der Waals surface area contributed by atoms with Crippen molar-refractivity contribution in [1.29, 1.82) is 0 Å². The topological polar surface area (TPSA) is 94.6 Å². The third kappa shape index (κ3) is 6.30. The van der Waals surface area contributed by atoms with Gasteiger partial charge in [0, 0.05) is 6.20 Å². The molecular formula is C23H26N2O5S. The van der Waals surface area contributed by atoms with Crippen molar-refractivity contribution in [3.8, 4) is 5.75 Å². The number of imide groups is 1. The molecule has 0 spiro atoms. The molecule has 1 aromatic carbocycles. The Kier molecular flexibility index (Phi) is 7.68. The predicted octanol–water partition coefficient (Wildman–Crippen LogP) is 3.86. The SMILES string of the molecule is CCc1ccc(C(COc2ccc(CC3SC(=O)NC3=O)cc2)OC(=O)C(C)C)nc1. The Morgan fingerprint density at radius 1 is 1.13 bits per heavy atom. The fraction of sp³-hybridized carbons (Fsp3) is 0.391. The number of ether oxygens (including phenoxy) is 2. The van der Waals surface area contributed by atoms with E-state index >= 15 is 0 Å². The maximum atomic E-state index is 12.2. The zero-order valence-electron chi connectivity index (χ0n) is 17.8. The molecule has 0 bridgehead atoms. The zero-order chi connectivity index (χ0) is 22.4. The lowest BCUT2D eigenvalue weighted by atomic mass is 10.1. The molecule has 1 saturated heterocycles. The number of carbonyl (C=O) groups is 3.